The predicted molar refractivity (Wildman–Crippen MR) is 91.3 cm³/mol. The van der Waals surface area contributed by atoms with Gasteiger partial charge in [-0.05, 0) is 36.5 Å². The van der Waals surface area contributed by atoms with Crippen molar-refractivity contribution in [3.8, 4) is 17.2 Å². The molecule has 0 aliphatic carbocycles. The standard InChI is InChI=1S/C18H25NO6/c1-11-5-6-19(13(7-11)18(21)22)16(20)10-12-8-14(23-2)17(25-4)15(9-12)24-3/h8-9,11,13H,5-7,10H2,1-4H3,(H,21,22). The minimum Gasteiger partial charge on any atom is -0.493 e. The average molecular weight is 351 g/mol. The molecule has 2 rings (SSSR count). The summed E-state index contributed by atoms with van der Waals surface area (Å²) < 4.78 is 15.9. The highest BCUT2D eigenvalue weighted by Gasteiger charge is 2.34. The molecule has 1 fully saturated rings. The van der Waals surface area contributed by atoms with Gasteiger partial charge >= 0.3 is 5.97 Å². The van der Waals surface area contributed by atoms with Crippen molar-refractivity contribution in [3.05, 3.63) is 17.7 Å². The number of piperidine rings is 1. The maximum absolute atomic E-state index is 12.7. The molecule has 0 radical (unpaired) electrons. The first kappa shape index (κ1) is 18.9. The lowest BCUT2D eigenvalue weighted by Crippen LogP contribution is -2.50. The molecule has 0 spiro atoms. The van der Waals surface area contributed by atoms with Crippen LogP contribution in [0, 0.1) is 5.92 Å². The van der Waals surface area contributed by atoms with Gasteiger partial charge in [0.25, 0.3) is 0 Å². The topological polar surface area (TPSA) is 85.3 Å². The Morgan fingerprint density at radius 2 is 1.76 bits per heavy atom. The fourth-order valence-electron chi connectivity index (χ4n) is 3.19. The largest absolute Gasteiger partial charge is 0.493 e. The highest BCUT2D eigenvalue weighted by molar-refractivity contribution is 5.85. The second kappa shape index (κ2) is 8.09. The van der Waals surface area contributed by atoms with Gasteiger partial charge in [0.15, 0.2) is 11.5 Å². The third kappa shape index (κ3) is 4.15. The molecule has 1 saturated heterocycles. The van der Waals surface area contributed by atoms with Crippen molar-refractivity contribution in [1.82, 2.24) is 4.90 Å². The van der Waals surface area contributed by atoms with E-state index in [2.05, 4.69) is 0 Å². The fraction of sp³-hybridized carbons (Fsp3) is 0.556. The molecule has 7 nitrogen and oxygen atoms in total. The van der Waals surface area contributed by atoms with E-state index in [0.29, 0.717) is 41.7 Å². The molecule has 0 bridgehead atoms. The maximum atomic E-state index is 12.7. The number of rotatable bonds is 6. The van der Waals surface area contributed by atoms with E-state index in [-0.39, 0.29) is 12.3 Å². The van der Waals surface area contributed by atoms with Crippen LogP contribution < -0.4 is 14.2 Å². The summed E-state index contributed by atoms with van der Waals surface area (Å²) in [6, 6.07) is 2.65. The predicted octanol–water partition coefficient (Wildman–Crippen LogP) is 1.97. The molecule has 1 aromatic carbocycles. The van der Waals surface area contributed by atoms with Crippen LogP contribution in [0.25, 0.3) is 0 Å². The Morgan fingerprint density at radius 3 is 2.24 bits per heavy atom. The van der Waals surface area contributed by atoms with Crippen molar-refractivity contribution >= 4 is 11.9 Å². The number of hydrogen-bond acceptors (Lipinski definition) is 5. The Balaban J connectivity index is 2.23. The number of methoxy groups -OCH3 is 3. The van der Waals surface area contributed by atoms with Gasteiger partial charge in [-0.1, -0.05) is 6.92 Å². The van der Waals surface area contributed by atoms with Crippen molar-refractivity contribution in [3.63, 3.8) is 0 Å². The van der Waals surface area contributed by atoms with E-state index in [1.807, 2.05) is 6.92 Å². The molecule has 7 heteroatoms. The number of carbonyl (C=O) groups excluding carboxylic acids is 1. The highest BCUT2D eigenvalue weighted by Crippen LogP contribution is 2.38. The van der Waals surface area contributed by atoms with Crippen LogP contribution in [0.3, 0.4) is 0 Å². The molecule has 1 aromatic rings. The van der Waals surface area contributed by atoms with E-state index in [4.69, 9.17) is 14.2 Å². The van der Waals surface area contributed by atoms with Gasteiger partial charge < -0.3 is 24.2 Å². The molecule has 1 amide bonds. The van der Waals surface area contributed by atoms with Gasteiger partial charge in [-0.25, -0.2) is 4.79 Å². The van der Waals surface area contributed by atoms with Gasteiger partial charge in [0.2, 0.25) is 11.7 Å². The van der Waals surface area contributed by atoms with Gasteiger partial charge in [0.05, 0.1) is 27.8 Å². The van der Waals surface area contributed by atoms with Crippen molar-refractivity contribution in [1.29, 1.82) is 0 Å². The normalized spacial score (nSPS) is 20.1. The molecule has 138 valence electrons. The van der Waals surface area contributed by atoms with Gasteiger partial charge in [-0.3, -0.25) is 4.79 Å². The van der Waals surface area contributed by atoms with Crippen molar-refractivity contribution < 1.29 is 28.9 Å². The number of amides is 1. The zero-order valence-corrected chi connectivity index (χ0v) is 15.1. The minimum atomic E-state index is -0.954. The Kier molecular flexibility index (Phi) is 6.12. The zero-order valence-electron chi connectivity index (χ0n) is 15.1. The summed E-state index contributed by atoms with van der Waals surface area (Å²) in [5.41, 5.74) is 0.683. The van der Waals surface area contributed by atoms with Crippen LogP contribution in [0.4, 0.5) is 0 Å². The van der Waals surface area contributed by atoms with Crippen LogP contribution in [0.5, 0.6) is 17.2 Å². The summed E-state index contributed by atoms with van der Waals surface area (Å²) >= 11 is 0. The quantitative estimate of drug-likeness (QED) is 0.843. The number of ether oxygens (including phenoxy) is 3. The van der Waals surface area contributed by atoms with Crippen LogP contribution >= 0.6 is 0 Å². The summed E-state index contributed by atoms with van der Waals surface area (Å²) in [7, 11) is 4.53. The molecule has 1 aliphatic heterocycles. The highest BCUT2D eigenvalue weighted by atomic mass is 16.5. The number of carboxylic acids is 1. The van der Waals surface area contributed by atoms with E-state index >= 15 is 0 Å². The van der Waals surface area contributed by atoms with Crippen molar-refractivity contribution in [2.75, 3.05) is 27.9 Å². The summed E-state index contributed by atoms with van der Waals surface area (Å²) in [5.74, 6) is 0.513. The van der Waals surface area contributed by atoms with Gasteiger partial charge in [-0.15, -0.1) is 0 Å². The fourth-order valence-corrected chi connectivity index (χ4v) is 3.19. The van der Waals surface area contributed by atoms with Gasteiger partial charge in [-0.2, -0.15) is 0 Å². The smallest absolute Gasteiger partial charge is 0.326 e. The van der Waals surface area contributed by atoms with E-state index in [9.17, 15) is 14.7 Å². The van der Waals surface area contributed by atoms with E-state index in [0.717, 1.165) is 6.42 Å². The van der Waals surface area contributed by atoms with Gasteiger partial charge in [0.1, 0.15) is 6.04 Å². The molecule has 1 N–H and O–H groups in total. The second-order valence-electron chi connectivity index (χ2n) is 6.28. The first-order valence-corrected chi connectivity index (χ1v) is 8.22. The van der Waals surface area contributed by atoms with E-state index in [1.165, 1.54) is 26.2 Å². The van der Waals surface area contributed by atoms with Crippen molar-refractivity contribution in [2.24, 2.45) is 5.92 Å². The first-order chi connectivity index (χ1) is 11.9. The molecular weight excluding hydrogens is 326 g/mol. The average Bonchev–Trinajstić information content (AvgIpc) is 2.60. The van der Waals surface area contributed by atoms with Crippen LogP contribution in [0.2, 0.25) is 0 Å². The monoisotopic (exact) mass is 351 g/mol. The Bertz CT molecular complexity index is 619. The van der Waals surface area contributed by atoms with Crippen molar-refractivity contribution in [2.45, 2.75) is 32.2 Å². The van der Waals surface area contributed by atoms with Crippen LogP contribution in [-0.4, -0.2) is 55.8 Å². The zero-order chi connectivity index (χ0) is 18.6. The number of benzene rings is 1. The third-order valence-electron chi connectivity index (χ3n) is 4.55. The lowest BCUT2D eigenvalue weighted by Gasteiger charge is -2.36. The summed E-state index contributed by atoms with van der Waals surface area (Å²) in [4.78, 5) is 25.7. The molecular formula is C18H25NO6. The maximum Gasteiger partial charge on any atom is 0.326 e. The molecule has 2 atom stereocenters. The lowest BCUT2D eigenvalue weighted by atomic mass is 9.92. The number of nitrogens with zero attached hydrogens (tertiary/aromatic N) is 1. The first-order valence-electron chi connectivity index (χ1n) is 8.22. The number of carboxylic acid groups (broad SMARTS) is 1. The van der Waals surface area contributed by atoms with E-state index < -0.39 is 12.0 Å². The number of aliphatic carboxylic acids is 1. The molecule has 1 heterocycles. The number of hydrogen-bond donors (Lipinski definition) is 1. The minimum absolute atomic E-state index is 0.0782. The number of likely N-dealkylation sites (tertiary alicyclic amines) is 1. The van der Waals surface area contributed by atoms with Crippen LogP contribution in [0.15, 0.2) is 12.1 Å². The van der Waals surface area contributed by atoms with Gasteiger partial charge in [0, 0.05) is 6.54 Å². The number of carbonyl (C=O) groups is 2. The second-order valence-corrected chi connectivity index (χ2v) is 6.28. The molecule has 25 heavy (non-hydrogen) atoms. The summed E-state index contributed by atoms with van der Waals surface area (Å²) in [6.07, 6.45) is 1.37. The Labute approximate surface area is 147 Å². The summed E-state index contributed by atoms with van der Waals surface area (Å²) in [5, 5.41) is 9.42. The SMILES string of the molecule is COc1cc(CC(=O)N2CCC(C)CC2C(=O)O)cc(OC)c1OC. The molecule has 2 unspecified atom stereocenters. The van der Waals surface area contributed by atoms with Crippen LogP contribution in [-0.2, 0) is 16.0 Å². The third-order valence-corrected chi connectivity index (χ3v) is 4.55. The Morgan fingerprint density at radius 1 is 1.16 bits per heavy atom. The van der Waals surface area contributed by atoms with E-state index in [1.54, 1.807) is 12.1 Å². The summed E-state index contributed by atoms with van der Waals surface area (Å²) in [6.45, 7) is 2.47. The molecule has 0 saturated carbocycles. The lowest BCUT2D eigenvalue weighted by molar-refractivity contribution is -0.152. The Hall–Kier alpha value is -2.44. The molecule has 1 aliphatic rings. The molecule has 0 aromatic heterocycles. The van der Waals surface area contributed by atoms with Crippen LogP contribution in [0.1, 0.15) is 25.3 Å².